The highest BCUT2D eigenvalue weighted by Crippen LogP contribution is 2.30. The maximum absolute atomic E-state index is 9.99. The Balaban J connectivity index is 1.70. The van der Waals surface area contributed by atoms with Gasteiger partial charge in [-0.15, -0.1) is 0 Å². The van der Waals surface area contributed by atoms with Gasteiger partial charge in [-0.2, -0.15) is 0 Å². The lowest BCUT2D eigenvalue weighted by atomic mass is 10.0. The van der Waals surface area contributed by atoms with Gasteiger partial charge in [0.25, 0.3) is 0 Å². The zero-order valence-corrected chi connectivity index (χ0v) is 14.6. The summed E-state index contributed by atoms with van der Waals surface area (Å²) < 4.78 is 5.41. The second-order valence-electron chi connectivity index (χ2n) is 6.63. The molecule has 2 heterocycles. The van der Waals surface area contributed by atoms with E-state index in [1.807, 2.05) is 13.0 Å². The molecule has 4 nitrogen and oxygen atoms in total. The van der Waals surface area contributed by atoms with Gasteiger partial charge < -0.3 is 14.7 Å². The average Bonchev–Trinajstić information content (AvgIpc) is 2.64. The third kappa shape index (κ3) is 3.05. The summed E-state index contributed by atoms with van der Waals surface area (Å²) in [5.41, 5.74) is 6.11. The molecule has 1 aromatic heterocycles. The summed E-state index contributed by atoms with van der Waals surface area (Å²) in [5, 5.41) is 11.1. The number of anilines is 1. The van der Waals surface area contributed by atoms with Crippen LogP contribution in [-0.4, -0.2) is 36.4 Å². The zero-order chi connectivity index (χ0) is 17.4. The summed E-state index contributed by atoms with van der Waals surface area (Å²) in [5.74, 6) is 0.291. The van der Waals surface area contributed by atoms with E-state index in [-0.39, 0.29) is 0 Å². The molecule has 1 aliphatic rings. The minimum absolute atomic E-state index is 0.291. The van der Waals surface area contributed by atoms with Crippen LogP contribution in [0, 0.1) is 13.8 Å². The molecule has 0 atom stereocenters. The van der Waals surface area contributed by atoms with Crippen molar-refractivity contribution in [3.63, 3.8) is 0 Å². The fraction of sp³-hybridized carbons (Fsp3) is 0.286. The molecule has 1 aliphatic heterocycles. The number of pyridine rings is 1. The maximum atomic E-state index is 9.99. The molecule has 3 aromatic rings. The average molecular weight is 334 g/mol. The summed E-state index contributed by atoms with van der Waals surface area (Å²) in [4.78, 5) is 7.10. The molecule has 0 amide bonds. The van der Waals surface area contributed by atoms with Crippen molar-refractivity contribution in [2.75, 3.05) is 31.2 Å². The van der Waals surface area contributed by atoms with Crippen LogP contribution >= 0.6 is 0 Å². The highest BCUT2D eigenvalue weighted by Gasteiger charge is 2.12. The van der Waals surface area contributed by atoms with Gasteiger partial charge in [0, 0.05) is 35.8 Å². The molecule has 25 heavy (non-hydrogen) atoms. The van der Waals surface area contributed by atoms with Gasteiger partial charge in [-0.1, -0.05) is 12.1 Å². The quantitative estimate of drug-likeness (QED) is 0.768. The number of aromatic nitrogens is 1. The highest BCUT2D eigenvalue weighted by atomic mass is 16.5. The van der Waals surface area contributed by atoms with Crippen LogP contribution in [0.1, 0.15) is 11.1 Å². The summed E-state index contributed by atoms with van der Waals surface area (Å²) >= 11 is 0. The number of fused-ring (bicyclic) bond motifs is 1. The Bertz CT molecular complexity index is 913. The minimum atomic E-state index is 0.291. The standard InChI is InChI=1S/C21H22N2O2/c1-14-12-19(22-20-13-21(24)15(2)11-18(14)20)16-3-5-17(6-4-16)23-7-9-25-10-8-23/h3-6,11-13,24H,7-10H2,1-2H3. The molecular formula is C21H22N2O2. The first kappa shape index (κ1) is 15.9. The lowest BCUT2D eigenvalue weighted by Gasteiger charge is -2.28. The van der Waals surface area contributed by atoms with Gasteiger partial charge in [0.15, 0.2) is 0 Å². The lowest BCUT2D eigenvalue weighted by Crippen LogP contribution is -2.36. The van der Waals surface area contributed by atoms with Gasteiger partial charge in [-0.25, -0.2) is 4.98 Å². The largest absolute Gasteiger partial charge is 0.508 e. The fourth-order valence-electron chi connectivity index (χ4n) is 3.35. The number of phenolic OH excluding ortho intramolecular Hbond substituents is 1. The summed E-state index contributed by atoms with van der Waals surface area (Å²) in [6.07, 6.45) is 0. The van der Waals surface area contributed by atoms with Crippen LogP contribution in [0.2, 0.25) is 0 Å². The minimum Gasteiger partial charge on any atom is -0.508 e. The van der Waals surface area contributed by atoms with E-state index >= 15 is 0 Å². The molecule has 1 fully saturated rings. The molecule has 4 heteroatoms. The van der Waals surface area contributed by atoms with E-state index in [9.17, 15) is 5.11 Å². The Kier molecular flexibility index (Phi) is 4.06. The van der Waals surface area contributed by atoms with E-state index in [0.717, 1.165) is 54.0 Å². The van der Waals surface area contributed by atoms with Crippen molar-refractivity contribution in [2.24, 2.45) is 0 Å². The predicted octanol–water partition coefficient (Wildman–Crippen LogP) is 4.06. The molecule has 0 saturated carbocycles. The molecule has 0 radical (unpaired) electrons. The molecule has 2 aromatic carbocycles. The van der Waals surface area contributed by atoms with E-state index in [1.165, 1.54) is 11.3 Å². The molecule has 0 spiro atoms. The van der Waals surface area contributed by atoms with E-state index in [2.05, 4.69) is 42.2 Å². The summed E-state index contributed by atoms with van der Waals surface area (Å²) in [6.45, 7) is 7.45. The van der Waals surface area contributed by atoms with Crippen molar-refractivity contribution in [3.8, 4) is 17.0 Å². The van der Waals surface area contributed by atoms with Crippen LogP contribution in [0.4, 0.5) is 5.69 Å². The summed E-state index contributed by atoms with van der Waals surface area (Å²) in [7, 11) is 0. The van der Waals surface area contributed by atoms with Crippen LogP contribution in [0.15, 0.2) is 42.5 Å². The van der Waals surface area contributed by atoms with E-state index in [1.54, 1.807) is 6.07 Å². The molecule has 1 N–H and O–H groups in total. The molecule has 0 unspecified atom stereocenters. The third-order valence-corrected chi connectivity index (χ3v) is 4.87. The number of ether oxygens (including phenoxy) is 1. The number of rotatable bonds is 2. The molecular weight excluding hydrogens is 312 g/mol. The Morgan fingerprint density at radius 3 is 2.40 bits per heavy atom. The van der Waals surface area contributed by atoms with Crippen LogP contribution in [0.5, 0.6) is 5.75 Å². The van der Waals surface area contributed by atoms with Crippen LogP contribution < -0.4 is 4.90 Å². The molecule has 128 valence electrons. The first-order valence-electron chi connectivity index (χ1n) is 8.66. The van der Waals surface area contributed by atoms with E-state index in [0.29, 0.717) is 5.75 Å². The van der Waals surface area contributed by atoms with Gasteiger partial charge >= 0.3 is 0 Å². The Morgan fingerprint density at radius 1 is 0.960 bits per heavy atom. The van der Waals surface area contributed by atoms with Crippen molar-refractivity contribution < 1.29 is 9.84 Å². The topological polar surface area (TPSA) is 45.6 Å². The van der Waals surface area contributed by atoms with Crippen molar-refractivity contribution >= 4 is 16.6 Å². The summed E-state index contributed by atoms with van der Waals surface area (Å²) in [6, 6.07) is 14.4. The molecule has 1 saturated heterocycles. The maximum Gasteiger partial charge on any atom is 0.120 e. The second kappa shape index (κ2) is 6.37. The highest BCUT2D eigenvalue weighted by molar-refractivity contribution is 5.87. The number of hydrogen-bond donors (Lipinski definition) is 1. The Morgan fingerprint density at radius 2 is 1.68 bits per heavy atom. The molecule has 0 aliphatic carbocycles. The number of aromatic hydroxyl groups is 1. The van der Waals surface area contributed by atoms with Crippen molar-refractivity contribution in [1.82, 2.24) is 4.98 Å². The molecule has 4 rings (SSSR count). The zero-order valence-electron chi connectivity index (χ0n) is 14.6. The number of morpholine rings is 1. The molecule has 0 bridgehead atoms. The third-order valence-electron chi connectivity index (χ3n) is 4.87. The van der Waals surface area contributed by atoms with Crippen molar-refractivity contribution in [3.05, 3.63) is 53.6 Å². The van der Waals surface area contributed by atoms with Crippen LogP contribution in [0.3, 0.4) is 0 Å². The first-order valence-corrected chi connectivity index (χ1v) is 8.66. The monoisotopic (exact) mass is 334 g/mol. The predicted molar refractivity (Wildman–Crippen MR) is 101 cm³/mol. The Hall–Kier alpha value is -2.59. The normalized spacial score (nSPS) is 14.9. The van der Waals surface area contributed by atoms with Gasteiger partial charge in [0.05, 0.1) is 24.4 Å². The van der Waals surface area contributed by atoms with E-state index < -0.39 is 0 Å². The second-order valence-corrected chi connectivity index (χ2v) is 6.63. The smallest absolute Gasteiger partial charge is 0.120 e. The first-order chi connectivity index (χ1) is 12.1. The van der Waals surface area contributed by atoms with E-state index in [4.69, 9.17) is 9.72 Å². The van der Waals surface area contributed by atoms with Gasteiger partial charge in [-0.3, -0.25) is 0 Å². The Labute approximate surface area is 147 Å². The number of hydrogen-bond acceptors (Lipinski definition) is 4. The lowest BCUT2D eigenvalue weighted by molar-refractivity contribution is 0.122. The number of nitrogens with zero attached hydrogens (tertiary/aromatic N) is 2. The van der Waals surface area contributed by atoms with Gasteiger partial charge in [0.1, 0.15) is 5.75 Å². The van der Waals surface area contributed by atoms with Gasteiger partial charge in [-0.05, 0) is 49.2 Å². The number of aryl methyl sites for hydroxylation is 2. The van der Waals surface area contributed by atoms with Crippen molar-refractivity contribution in [1.29, 1.82) is 0 Å². The van der Waals surface area contributed by atoms with Crippen LogP contribution in [0.25, 0.3) is 22.2 Å². The SMILES string of the molecule is Cc1cc2c(C)cc(-c3ccc(N4CCOCC4)cc3)nc2cc1O. The number of benzene rings is 2. The van der Waals surface area contributed by atoms with Crippen LogP contribution in [-0.2, 0) is 4.74 Å². The van der Waals surface area contributed by atoms with Crippen molar-refractivity contribution in [2.45, 2.75) is 13.8 Å². The fourth-order valence-corrected chi connectivity index (χ4v) is 3.35. The van der Waals surface area contributed by atoms with Gasteiger partial charge in [0.2, 0.25) is 0 Å². The number of phenols is 1.